The van der Waals surface area contributed by atoms with Gasteiger partial charge in [0.25, 0.3) is 11.7 Å². The summed E-state index contributed by atoms with van der Waals surface area (Å²) in [5, 5.41) is 14.9. The maximum atomic E-state index is 12.8. The molecular formula is C30H34BrN3O4. The number of rotatable bonds is 7. The summed E-state index contributed by atoms with van der Waals surface area (Å²) in [6, 6.07) is 18.1. The number of halogens is 1. The van der Waals surface area contributed by atoms with Crippen molar-refractivity contribution in [3.05, 3.63) is 92.9 Å². The quantitative estimate of drug-likeness (QED) is 0.306. The number of pyridine rings is 1. The van der Waals surface area contributed by atoms with Gasteiger partial charge in [-0.05, 0) is 76.0 Å². The Hall–Kier alpha value is -3.10. The van der Waals surface area contributed by atoms with E-state index in [1.807, 2.05) is 43.3 Å². The number of piperidine rings is 1. The number of nitrogens with one attached hydrogen (secondary N) is 1. The molecule has 200 valence electrons. The number of ether oxygens (including phenoxy) is 2. The van der Waals surface area contributed by atoms with Crippen molar-refractivity contribution in [2.45, 2.75) is 51.9 Å². The lowest BCUT2D eigenvalue weighted by Gasteiger charge is -2.42. The first kappa shape index (κ1) is 26.5. The molecule has 1 saturated heterocycles. The van der Waals surface area contributed by atoms with Gasteiger partial charge in [0.15, 0.2) is 17.7 Å². The first-order valence-electron chi connectivity index (χ1n) is 13.2. The van der Waals surface area contributed by atoms with Crippen LogP contribution in [0.15, 0.2) is 65.3 Å². The molecule has 3 aromatic rings. The van der Waals surface area contributed by atoms with Crippen LogP contribution in [0.2, 0.25) is 0 Å². The molecule has 5 rings (SSSR count). The molecular weight excluding hydrogens is 546 g/mol. The van der Waals surface area contributed by atoms with E-state index >= 15 is 0 Å². The lowest BCUT2D eigenvalue weighted by molar-refractivity contribution is -0.612. The first-order chi connectivity index (χ1) is 18.3. The molecule has 1 aromatic heterocycles. The summed E-state index contributed by atoms with van der Waals surface area (Å²) < 4.78 is 14.9. The fourth-order valence-electron chi connectivity index (χ4n) is 5.67. The molecule has 0 saturated carbocycles. The number of aryl methyl sites for hydroxylation is 1. The number of para-hydroxylation sites is 2. The summed E-state index contributed by atoms with van der Waals surface area (Å²) in [5.74, 6) is 0.740. The maximum absolute atomic E-state index is 12.8. The largest absolute Gasteiger partial charge is 0.618 e. The van der Waals surface area contributed by atoms with Gasteiger partial charge in [-0.25, -0.2) is 0 Å². The summed E-state index contributed by atoms with van der Waals surface area (Å²) >= 11 is 3.54. The molecule has 2 aliphatic rings. The fourth-order valence-corrected chi connectivity index (χ4v) is 5.93. The van der Waals surface area contributed by atoms with Gasteiger partial charge in [0, 0.05) is 41.5 Å². The number of carbonyl (C=O) groups excluding carboxylic acids is 1. The van der Waals surface area contributed by atoms with E-state index in [4.69, 9.17) is 9.47 Å². The van der Waals surface area contributed by atoms with Crippen LogP contribution < -0.4 is 19.5 Å². The van der Waals surface area contributed by atoms with E-state index in [1.54, 1.807) is 13.0 Å². The van der Waals surface area contributed by atoms with Crippen LogP contribution in [0.5, 0.6) is 11.5 Å². The molecule has 2 aromatic carbocycles. The second-order valence-electron chi connectivity index (χ2n) is 10.3. The van der Waals surface area contributed by atoms with Crippen molar-refractivity contribution in [1.82, 2.24) is 10.2 Å². The van der Waals surface area contributed by atoms with E-state index in [0.717, 1.165) is 64.2 Å². The number of benzene rings is 2. The summed E-state index contributed by atoms with van der Waals surface area (Å²) in [6.07, 6.45) is 4.14. The smallest absolute Gasteiger partial charge is 0.281 e. The molecule has 38 heavy (non-hydrogen) atoms. The summed E-state index contributed by atoms with van der Waals surface area (Å²) in [4.78, 5) is 15.2. The summed E-state index contributed by atoms with van der Waals surface area (Å²) in [5.41, 5.74) is 2.72. The van der Waals surface area contributed by atoms with Crippen molar-refractivity contribution < 1.29 is 19.0 Å². The van der Waals surface area contributed by atoms with Gasteiger partial charge < -0.3 is 24.9 Å². The number of aromatic nitrogens is 1. The predicted octanol–water partition coefficient (Wildman–Crippen LogP) is 5.24. The molecule has 1 unspecified atom stereocenters. The SMILES string of the molecule is Cc1cc[n+]([O-])c(C)c1C(=O)NCCC(C)N1CCC(C2(c3ccc(Br)cc3)Oc3ccccc3O2)CC1. The number of hydrogen-bond acceptors (Lipinski definition) is 5. The highest BCUT2D eigenvalue weighted by molar-refractivity contribution is 9.10. The molecule has 1 amide bonds. The Labute approximate surface area is 232 Å². The monoisotopic (exact) mass is 579 g/mol. The normalized spacial score (nSPS) is 17.8. The number of amides is 1. The predicted molar refractivity (Wildman–Crippen MR) is 149 cm³/mol. The minimum Gasteiger partial charge on any atom is -0.618 e. The van der Waals surface area contributed by atoms with Crippen molar-refractivity contribution >= 4 is 21.8 Å². The Bertz CT molecular complexity index is 1280. The number of fused-ring (bicyclic) bond motifs is 1. The molecule has 2 aliphatic heterocycles. The maximum Gasteiger partial charge on any atom is 0.281 e. The number of likely N-dealkylation sites (tertiary alicyclic amines) is 1. The molecule has 0 aliphatic carbocycles. The molecule has 1 fully saturated rings. The third kappa shape index (κ3) is 5.12. The standard InChI is InChI=1S/C30H34BrN3O4/c1-20-13-19-34(36)22(3)28(20)29(35)32-16-12-21(2)33-17-14-24(15-18-33)30(23-8-10-25(31)11-9-23)37-26-6-4-5-7-27(26)38-30/h4-11,13,19,21,24H,12,14-18H2,1-3H3,(H,32,35). The van der Waals surface area contributed by atoms with Gasteiger partial charge >= 0.3 is 0 Å². The topological polar surface area (TPSA) is 77.7 Å². The molecule has 7 nitrogen and oxygen atoms in total. The Morgan fingerprint density at radius 2 is 1.74 bits per heavy atom. The third-order valence-electron chi connectivity index (χ3n) is 7.93. The van der Waals surface area contributed by atoms with E-state index in [-0.39, 0.29) is 11.8 Å². The van der Waals surface area contributed by atoms with E-state index in [2.05, 4.69) is 45.2 Å². The van der Waals surface area contributed by atoms with Gasteiger partial charge in [-0.1, -0.05) is 40.2 Å². The molecule has 8 heteroatoms. The third-order valence-corrected chi connectivity index (χ3v) is 8.46. The van der Waals surface area contributed by atoms with Crippen LogP contribution in [0.1, 0.15) is 53.4 Å². The highest BCUT2D eigenvalue weighted by Gasteiger charge is 2.51. The molecule has 0 spiro atoms. The second kappa shape index (κ2) is 10.9. The summed E-state index contributed by atoms with van der Waals surface area (Å²) in [6.45, 7) is 8.14. The number of nitrogens with zero attached hydrogens (tertiary/aromatic N) is 2. The zero-order chi connectivity index (χ0) is 26.9. The fraction of sp³-hybridized carbons (Fsp3) is 0.400. The van der Waals surface area contributed by atoms with Crippen LogP contribution >= 0.6 is 15.9 Å². The molecule has 3 heterocycles. The molecule has 0 radical (unpaired) electrons. The van der Waals surface area contributed by atoms with Crippen LogP contribution in [-0.4, -0.2) is 36.5 Å². The van der Waals surface area contributed by atoms with Crippen molar-refractivity contribution in [2.24, 2.45) is 5.92 Å². The number of hydrogen-bond donors (Lipinski definition) is 1. The van der Waals surface area contributed by atoms with E-state index in [0.29, 0.717) is 23.8 Å². The molecule has 1 N–H and O–H groups in total. The van der Waals surface area contributed by atoms with Gasteiger partial charge in [0.05, 0.1) is 0 Å². The van der Waals surface area contributed by atoms with E-state index in [1.165, 1.54) is 6.20 Å². The molecule has 1 atom stereocenters. The molecule has 0 bridgehead atoms. The van der Waals surface area contributed by atoms with Crippen molar-refractivity contribution in [3.63, 3.8) is 0 Å². The summed E-state index contributed by atoms with van der Waals surface area (Å²) in [7, 11) is 0. The lowest BCUT2D eigenvalue weighted by atomic mass is 9.83. The Morgan fingerprint density at radius 1 is 1.11 bits per heavy atom. The van der Waals surface area contributed by atoms with Crippen molar-refractivity contribution in [2.75, 3.05) is 19.6 Å². The van der Waals surface area contributed by atoms with Gasteiger partial charge in [0.2, 0.25) is 5.69 Å². The van der Waals surface area contributed by atoms with Crippen LogP contribution in [0, 0.1) is 25.0 Å². The van der Waals surface area contributed by atoms with E-state index in [9.17, 15) is 10.0 Å². The van der Waals surface area contributed by atoms with Gasteiger partial charge in [-0.15, -0.1) is 0 Å². The second-order valence-corrected chi connectivity index (χ2v) is 11.2. The number of carbonyl (C=O) groups is 1. The van der Waals surface area contributed by atoms with E-state index < -0.39 is 5.79 Å². The minimum atomic E-state index is -0.836. The Balaban J connectivity index is 1.20. The lowest BCUT2D eigenvalue weighted by Crippen LogP contribution is -2.50. The van der Waals surface area contributed by atoms with Gasteiger partial charge in [0.1, 0.15) is 5.56 Å². The first-order valence-corrected chi connectivity index (χ1v) is 14.0. The van der Waals surface area contributed by atoms with Crippen LogP contribution in [0.25, 0.3) is 0 Å². The average Bonchev–Trinajstić information content (AvgIpc) is 3.32. The van der Waals surface area contributed by atoms with Crippen LogP contribution in [0.4, 0.5) is 0 Å². The van der Waals surface area contributed by atoms with Crippen LogP contribution in [0.3, 0.4) is 0 Å². The zero-order valence-electron chi connectivity index (χ0n) is 22.1. The highest BCUT2D eigenvalue weighted by atomic mass is 79.9. The minimum absolute atomic E-state index is 0.192. The Kier molecular flexibility index (Phi) is 7.63. The van der Waals surface area contributed by atoms with Crippen molar-refractivity contribution in [1.29, 1.82) is 0 Å². The Morgan fingerprint density at radius 3 is 2.37 bits per heavy atom. The average molecular weight is 581 g/mol. The van der Waals surface area contributed by atoms with Crippen LogP contribution in [-0.2, 0) is 5.79 Å². The zero-order valence-corrected chi connectivity index (χ0v) is 23.7. The van der Waals surface area contributed by atoms with Gasteiger partial charge in [-0.3, -0.25) is 4.79 Å². The van der Waals surface area contributed by atoms with Crippen molar-refractivity contribution in [3.8, 4) is 11.5 Å². The highest BCUT2D eigenvalue weighted by Crippen LogP contribution is 2.50. The van der Waals surface area contributed by atoms with Gasteiger partial charge in [-0.2, -0.15) is 4.73 Å².